The molecule has 0 spiro atoms. The molecule has 2 fully saturated rings. The molecule has 36 heavy (non-hydrogen) atoms. The normalized spacial score (nSPS) is 23.6. The number of thiocarbonyl (C=S) groups is 1. The highest BCUT2D eigenvalue weighted by Crippen LogP contribution is 2.40. The Hall–Kier alpha value is -3.04. The predicted molar refractivity (Wildman–Crippen MR) is 140 cm³/mol. The Kier molecular flexibility index (Phi) is 6.46. The zero-order valence-corrected chi connectivity index (χ0v) is 21.8. The summed E-state index contributed by atoms with van der Waals surface area (Å²) in [7, 11) is 3.29. The average molecular weight is 509 g/mol. The van der Waals surface area contributed by atoms with Gasteiger partial charge in [0, 0.05) is 64.4 Å². The first-order chi connectivity index (χ1) is 17.2. The van der Waals surface area contributed by atoms with E-state index in [0.29, 0.717) is 25.4 Å². The van der Waals surface area contributed by atoms with Crippen LogP contribution in [0, 0.1) is 11.3 Å². The summed E-state index contributed by atoms with van der Waals surface area (Å²) in [6.07, 6.45) is 1.23. The van der Waals surface area contributed by atoms with E-state index in [1.54, 1.807) is 20.2 Å². The smallest absolute Gasteiger partial charge is 0.250 e. The van der Waals surface area contributed by atoms with Gasteiger partial charge in [-0.05, 0) is 49.2 Å². The molecule has 5 rings (SSSR count). The molecule has 0 N–H and O–H groups in total. The summed E-state index contributed by atoms with van der Waals surface area (Å²) < 4.78 is 7.74. The SMILES string of the molecule is CCOc1ccccc1CC1(CN2CC3CC(C2)c2cccc(=O)n2C3)C(=O)N(C)C(=S)N(C)C1=O. The lowest BCUT2D eigenvalue weighted by Gasteiger charge is -2.48. The molecule has 4 heterocycles. The topological polar surface area (TPSA) is 75.1 Å². The molecule has 0 radical (unpaired) electrons. The fourth-order valence-corrected chi connectivity index (χ4v) is 6.42. The first-order valence-corrected chi connectivity index (χ1v) is 12.9. The number of piperidine rings is 1. The molecule has 0 aliphatic carbocycles. The third-order valence-corrected chi connectivity index (χ3v) is 8.36. The molecule has 1 aromatic carbocycles. The number of fused-ring (bicyclic) bond motifs is 4. The van der Waals surface area contributed by atoms with E-state index in [-0.39, 0.29) is 47.3 Å². The number of pyridine rings is 1. The van der Waals surface area contributed by atoms with Crippen molar-refractivity contribution in [3.05, 3.63) is 64.1 Å². The molecule has 0 saturated carbocycles. The van der Waals surface area contributed by atoms with Gasteiger partial charge in [0.25, 0.3) is 5.56 Å². The van der Waals surface area contributed by atoms with Gasteiger partial charge in [0.15, 0.2) is 5.11 Å². The van der Waals surface area contributed by atoms with Gasteiger partial charge in [0.05, 0.1) is 6.61 Å². The molecular weight excluding hydrogens is 476 g/mol. The maximum atomic E-state index is 13.9. The Labute approximate surface area is 216 Å². The lowest BCUT2D eigenvalue weighted by Crippen LogP contribution is -2.67. The summed E-state index contributed by atoms with van der Waals surface area (Å²) in [6, 6.07) is 13.1. The van der Waals surface area contributed by atoms with Gasteiger partial charge in [-0.2, -0.15) is 0 Å². The molecule has 2 atom stereocenters. The molecular formula is C27H32N4O4S. The number of ether oxygens (including phenoxy) is 1. The van der Waals surface area contributed by atoms with E-state index in [1.807, 2.05) is 47.9 Å². The Morgan fingerprint density at radius 3 is 2.42 bits per heavy atom. The molecule has 3 aliphatic heterocycles. The number of carbonyl (C=O) groups is 2. The fraction of sp³-hybridized carbons (Fsp3) is 0.481. The summed E-state index contributed by atoms with van der Waals surface area (Å²) in [6.45, 7) is 4.77. The van der Waals surface area contributed by atoms with Crippen molar-refractivity contribution in [3.63, 3.8) is 0 Å². The number of para-hydroxylation sites is 1. The van der Waals surface area contributed by atoms with Crippen LogP contribution in [0.15, 0.2) is 47.3 Å². The molecule has 2 bridgehead atoms. The van der Waals surface area contributed by atoms with Crippen LogP contribution >= 0.6 is 12.2 Å². The van der Waals surface area contributed by atoms with Crippen LogP contribution in [0.1, 0.15) is 30.5 Å². The van der Waals surface area contributed by atoms with Crippen molar-refractivity contribution in [2.45, 2.75) is 32.2 Å². The van der Waals surface area contributed by atoms with E-state index >= 15 is 0 Å². The van der Waals surface area contributed by atoms with Crippen LogP contribution < -0.4 is 10.3 Å². The predicted octanol–water partition coefficient (Wildman–Crippen LogP) is 2.11. The van der Waals surface area contributed by atoms with Crippen molar-refractivity contribution in [1.82, 2.24) is 19.3 Å². The zero-order valence-electron chi connectivity index (χ0n) is 21.0. The number of likely N-dealkylation sites (tertiary alicyclic amines) is 1. The lowest BCUT2D eigenvalue weighted by molar-refractivity contribution is -0.157. The van der Waals surface area contributed by atoms with Crippen LogP contribution in [0.5, 0.6) is 5.75 Å². The van der Waals surface area contributed by atoms with Crippen molar-refractivity contribution >= 4 is 29.1 Å². The first kappa shape index (κ1) is 24.6. The quantitative estimate of drug-likeness (QED) is 0.440. The maximum absolute atomic E-state index is 13.9. The number of aromatic nitrogens is 1. The molecule has 3 aliphatic rings. The largest absolute Gasteiger partial charge is 0.494 e. The van der Waals surface area contributed by atoms with Gasteiger partial charge in [-0.1, -0.05) is 24.3 Å². The molecule has 1 aromatic heterocycles. The van der Waals surface area contributed by atoms with Gasteiger partial charge in [-0.25, -0.2) is 0 Å². The lowest BCUT2D eigenvalue weighted by atomic mass is 9.75. The highest BCUT2D eigenvalue weighted by Gasteiger charge is 2.55. The number of hydrogen-bond acceptors (Lipinski definition) is 6. The maximum Gasteiger partial charge on any atom is 0.250 e. The van der Waals surface area contributed by atoms with E-state index in [0.717, 1.165) is 24.2 Å². The summed E-state index contributed by atoms with van der Waals surface area (Å²) >= 11 is 5.40. The second-order valence-corrected chi connectivity index (χ2v) is 10.6. The first-order valence-electron chi connectivity index (χ1n) is 12.5. The van der Waals surface area contributed by atoms with Gasteiger partial charge in [0.1, 0.15) is 11.2 Å². The standard InChI is InChI=1S/C27H32N4O4S/c1-4-35-22-10-6-5-8-19(22)13-27(24(33)28(2)26(36)29(3)25(27)34)17-30-14-18-12-20(16-30)21-9-7-11-23(32)31(21)15-18/h5-11,18,20H,4,12-17H2,1-3H3. The molecule has 2 aromatic rings. The van der Waals surface area contributed by atoms with Crippen molar-refractivity contribution in [2.75, 3.05) is 40.3 Å². The average Bonchev–Trinajstić information content (AvgIpc) is 2.87. The van der Waals surface area contributed by atoms with E-state index in [9.17, 15) is 14.4 Å². The molecule has 2 saturated heterocycles. The number of benzene rings is 1. The fourth-order valence-electron chi connectivity index (χ4n) is 6.25. The minimum absolute atomic E-state index is 0.0362. The summed E-state index contributed by atoms with van der Waals surface area (Å²) in [5.74, 6) is 0.588. The van der Waals surface area contributed by atoms with Gasteiger partial charge in [-0.3, -0.25) is 24.2 Å². The summed E-state index contributed by atoms with van der Waals surface area (Å²) in [4.78, 5) is 45.4. The molecule has 8 nitrogen and oxygen atoms in total. The Balaban J connectivity index is 1.52. The van der Waals surface area contributed by atoms with Gasteiger partial charge in [-0.15, -0.1) is 0 Å². The van der Waals surface area contributed by atoms with Gasteiger partial charge in [0.2, 0.25) is 11.8 Å². The zero-order chi connectivity index (χ0) is 25.6. The number of rotatable bonds is 6. The molecule has 9 heteroatoms. The molecule has 2 unspecified atom stereocenters. The number of hydrogen-bond donors (Lipinski definition) is 0. The minimum atomic E-state index is -1.33. The summed E-state index contributed by atoms with van der Waals surface area (Å²) in [5.41, 5.74) is 0.566. The van der Waals surface area contributed by atoms with E-state index in [2.05, 4.69) is 4.90 Å². The van der Waals surface area contributed by atoms with E-state index in [1.165, 1.54) is 9.80 Å². The Morgan fingerprint density at radius 2 is 1.69 bits per heavy atom. The second-order valence-electron chi connectivity index (χ2n) is 10.2. The van der Waals surface area contributed by atoms with Crippen molar-refractivity contribution in [1.29, 1.82) is 0 Å². The monoisotopic (exact) mass is 508 g/mol. The van der Waals surface area contributed by atoms with Crippen LogP contribution in [0.2, 0.25) is 0 Å². The number of nitrogens with zero attached hydrogens (tertiary/aromatic N) is 4. The summed E-state index contributed by atoms with van der Waals surface area (Å²) in [5, 5.41) is 0.211. The highest BCUT2D eigenvalue weighted by atomic mass is 32.1. The van der Waals surface area contributed by atoms with Gasteiger partial charge >= 0.3 is 0 Å². The molecule has 190 valence electrons. The van der Waals surface area contributed by atoms with E-state index in [4.69, 9.17) is 17.0 Å². The second kappa shape index (κ2) is 9.44. The number of amides is 2. The Bertz CT molecular complexity index is 1250. The minimum Gasteiger partial charge on any atom is -0.494 e. The van der Waals surface area contributed by atoms with Crippen LogP contribution in [0.3, 0.4) is 0 Å². The Morgan fingerprint density at radius 1 is 0.972 bits per heavy atom. The van der Waals surface area contributed by atoms with Crippen molar-refractivity contribution in [2.24, 2.45) is 11.3 Å². The van der Waals surface area contributed by atoms with Gasteiger partial charge < -0.3 is 14.2 Å². The van der Waals surface area contributed by atoms with Crippen LogP contribution in [0.4, 0.5) is 0 Å². The third kappa shape index (κ3) is 4.04. The number of carbonyl (C=O) groups excluding carboxylic acids is 2. The van der Waals surface area contributed by atoms with Crippen molar-refractivity contribution in [3.8, 4) is 5.75 Å². The van der Waals surface area contributed by atoms with E-state index < -0.39 is 5.41 Å². The van der Waals surface area contributed by atoms with Crippen LogP contribution in [-0.4, -0.2) is 76.5 Å². The highest BCUT2D eigenvalue weighted by molar-refractivity contribution is 7.80. The van der Waals surface area contributed by atoms with Crippen molar-refractivity contribution < 1.29 is 14.3 Å². The third-order valence-electron chi connectivity index (χ3n) is 7.82. The van der Waals surface area contributed by atoms with Crippen LogP contribution in [0.25, 0.3) is 0 Å². The molecule has 2 amide bonds. The van der Waals surface area contributed by atoms with Crippen LogP contribution in [-0.2, 0) is 22.6 Å².